The quantitative estimate of drug-likeness (QED) is 0.766. The second kappa shape index (κ2) is 8.29. The minimum atomic E-state index is -4.30. The van der Waals surface area contributed by atoms with E-state index in [2.05, 4.69) is 10.3 Å². The Labute approximate surface area is 159 Å². The van der Waals surface area contributed by atoms with Gasteiger partial charge in [0.25, 0.3) is 5.91 Å². The second-order valence-corrected chi connectivity index (χ2v) is 7.37. The molecule has 1 aromatic carbocycles. The first-order valence-corrected chi connectivity index (χ1v) is 9.82. The molecule has 2 aromatic rings. The number of ether oxygens (including phenoxy) is 1. The van der Waals surface area contributed by atoms with Crippen molar-refractivity contribution in [1.82, 2.24) is 10.3 Å². The lowest BCUT2D eigenvalue weighted by molar-refractivity contribution is -0.187. The molecule has 1 amide bonds. The number of alkyl halides is 3. The van der Waals surface area contributed by atoms with Gasteiger partial charge in [-0.1, -0.05) is 12.8 Å². The Morgan fingerprint density at radius 1 is 1.26 bits per heavy atom. The highest BCUT2D eigenvalue weighted by molar-refractivity contribution is 7.13. The number of benzene rings is 1. The van der Waals surface area contributed by atoms with E-state index in [4.69, 9.17) is 4.74 Å². The summed E-state index contributed by atoms with van der Waals surface area (Å²) >= 11 is 1.28. The van der Waals surface area contributed by atoms with Crippen LogP contribution in [0.3, 0.4) is 0 Å². The van der Waals surface area contributed by atoms with Crippen molar-refractivity contribution < 1.29 is 22.7 Å². The predicted molar refractivity (Wildman–Crippen MR) is 98.0 cm³/mol. The van der Waals surface area contributed by atoms with Crippen LogP contribution in [0.4, 0.5) is 13.2 Å². The third-order valence-electron chi connectivity index (χ3n) is 4.65. The van der Waals surface area contributed by atoms with E-state index in [1.807, 2.05) is 31.2 Å². The summed E-state index contributed by atoms with van der Waals surface area (Å²) < 4.78 is 44.9. The van der Waals surface area contributed by atoms with Gasteiger partial charge in [-0.25, -0.2) is 4.98 Å². The van der Waals surface area contributed by atoms with Crippen LogP contribution < -0.4 is 10.1 Å². The number of aromatic nitrogens is 1. The number of rotatable bonds is 5. The molecule has 1 aliphatic carbocycles. The van der Waals surface area contributed by atoms with Crippen LogP contribution in [0, 0.1) is 5.92 Å². The zero-order chi connectivity index (χ0) is 19.4. The Morgan fingerprint density at radius 2 is 1.96 bits per heavy atom. The first kappa shape index (κ1) is 19.7. The predicted octanol–water partition coefficient (Wildman–Crippen LogP) is 5.06. The molecule has 0 bridgehead atoms. The monoisotopic (exact) mass is 398 g/mol. The molecule has 2 atom stereocenters. The summed E-state index contributed by atoms with van der Waals surface area (Å²) in [5.74, 6) is -1.30. The third-order valence-corrected chi connectivity index (χ3v) is 5.54. The van der Waals surface area contributed by atoms with Crippen molar-refractivity contribution in [2.45, 2.75) is 44.8 Å². The van der Waals surface area contributed by atoms with Gasteiger partial charge in [-0.3, -0.25) is 4.79 Å². The Balaban J connectivity index is 1.69. The highest BCUT2D eigenvalue weighted by Crippen LogP contribution is 2.38. The van der Waals surface area contributed by atoms with Gasteiger partial charge in [0.15, 0.2) is 0 Å². The van der Waals surface area contributed by atoms with Gasteiger partial charge in [-0.2, -0.15) is 13.2 Å². The van der Waals surface area contributed by atoms with Crippen molar-refractivity contribution >= 4 is 17.2 Å². The van der Waals surface area contributed by atoms with Crippen LogP contribution >= 0.6 is 11.3 Å². The van der Waals surface area contributed by atoms with E-state index in [9.17, 15) is 18.0 Å². The fourth-order valence-electron chi connectivity index (χ4n) is 3.31. The highest BCUT2D eigenvalue weighted by Gasteiger charge is 2.46. The number of nitrogens with one attached hydrogen (secondary N) is 1. The van der Waals surface area contributed by atoms with Gasteiger partial charge in [0.05, 0.1) is 12.5 Å². The summed E-state index contributed by atoms with van der Waals surface area (Å²) in [7, 11) is 0. The van der Waals surface area contributed by atoms with Crippen molar-refractivity contribution in [2.75, 3.05) is 6.61 Å². The molecule has 1 heterocycles. The van der Waals surface area contributed by atoms with Crippen LogP contribution in [-0.4, -0.2) is 29.7 Å². The van der Waals surface area contributed by atoms with Crippen molar-refractivity contribution in [3.8, 4) is 16.3 Å². The Hall–Kier alpha value is -2.09. The molecule has 0 spiro atoms. The van der Waals surface area contributed by atoms with Crippen LogP contribution in [-0.2, 0) is 0 Å². The minimum Gasteiger partial charge on any atom is -0.494 e. The molecule has 2 unspecified atom stereocenters. The summed E-state index contributed by atoms with van der Waals surface area (Å²) in [4.78, 5) is 16.7. The Morgan fingerprint density at radius 3 is 2.63 bits per heavy atom. The number of halogens is 3. The Bertz CT molecular complexity index is 774. The number of nitrogens with zero attached hydrogens (tertiary/aromatic N) is 1. The van der Waals surface area contributed by atoms with Crippen LogP contribution in [0.1, 0.15) is 43.1 Å². The standard InChI is InChI=1S/C19H21F3N2O2S/c1-2-26-13-9-7-12(8-10-13)18-24-16(11-27-18)17(25)23-15-6-4-3-5-14(15)19(20,21)22/h7-11,14-15H,2-6H2,1H3,(H,23,25). The third kappa shape index (κ3) is 4.80. The first-order valence-electron chi connectivity index (χ1n) is 8.95. The molecular formula is C19H21F3N2O2S. The number of carbonyl (C=O) groups is 1. The molecular weight excluding hydrogens is 377 g/mol. The number of thiazole rings is 1. The smallest absolute Gasteiger partial charge is 0.393 e. The second-order valence-electron chi connectivity index (χ2n) is 6.51. The van der Waals surface area contributed by atoms with Gasteiger partial charge in [-0.05, 0) is 44.0 Å². The molecule has 8 heteroatoms. The fraction of sp³-hybridized carbons (Fsp3) is 0.474. The van der Waals surface area contributed by atoms with Gasteiger partial charge in [-0.15, -0.1) is 11.3 Å². The van der Waals surface area contributed by atoms with Gasteiger partial charge >= 0.3 is 6.18 Å². The maximum absolute atomic E-state index is 13.2. The molecule has 0 aliphatic heterocycles. The number of carbonyl (C=O) groups excluding carboxylic acids is 1. The zero-order valence-electron chi connectivity index (χ0n) is 14.9. The van der Waals surface area contributed by atoms with E-state index in [-0.39, 0.29) is 12.1 Å². The molecule has 0 saturated heterocycles. The number of hydrogen-bond acceptors (Lipinski definition) is 4. The fourth-order valence-corrected chi connectivity index (χ4v) is 4.11. The first-order chi connectivity index (χ1) is 12.9. The largest absolute Gasteiger partial charge is 0.494 e. The normalized spacial score (nSPS) is 20.3. The average molecular weight is 398 g/mol. The molecule has 1 N–H and O–H groups in total. The maximum Gasteiger partial charge on any atom is 0.393 e. The summed E-state index contributed by atoms with van der Waals surface area (Å²) in [6.07, 6.45) is -2.68. The van der Waals surface area contributed by atoms with E-state index in [1.54, 1.807) is 5.38 Å². The molecule has 1 aliphatic rings. The SMILES string of the molecule is CCOc1ccc(-c2nc(C(=O)NC3CCCCC3C(F)(F)F)cs2)cc1. The van der Waals surface area contributed by atoms with E-state index < -0.39 is 24.0 Å². The summed E-state index contributed by atoms with van der Waals surface area (Å²) in [6, 6.07) is 6.42. The minimum absolute atomic E-state index is 0.0585. The summed E-state index contributed by atoms with van der Waals surface area (Å²) in [6.45, 7) is 2.47. The lowest BCUT2D eigenvalue weighted by atomic mass is 9.84. The summed E-state index contributed by atoms with van der Waals surface area (Å²) in [5.41, 5.74) is 0.976. The van der Waals surface area contributed by atoms with E-state index in [0.717, 1.165) is 11.3 Å². The van der Waals surface area contributed by atoms with Crippen molar-refractivity contribution in [3.63, 3.8) is 0 Å². The lowest BCUT2D eigenvalue weighted by Crippen LogP contribution is -2.47. The molecule has 0 radical (unpaired) electrons. The molecule has 1 aromatic heterocycles. The number of amides is 1. The van der Waals surface area contributed by atoms with Crippen LogP contribution in [0.15, 0.2) is 29.6 Å². The van der Waals surface area contributed by atoms with E-state index >= 15 is 0 Å². The van der Waals surface area contributed by atoms with Gasteiger partial charge in [0.1, 0.15) is 16.5 Å². The van der Waals surface area contributed by atoms with Crippen LogP contribution in [0.25, 0.3) is 10.6 Å². The molecule has 4 nitrogen and oxygen atoms in total. The number of hydrogen-bond donors (Lipinski definition) is 1. The summed E-state index contributed by atoms with van der Waals surface area (Å²) in [5, 5.41) is 4.76. The highest BCUT2D eigenvalue weighted by atomic mass is 32.1. The van der Waals surface area contributed by atoms with Crippen molar-refractivity contribution in [3.05, 3.63) is 35.3 Å². The van der Waals surface area contributed by atoms with Crippen molar-refractivity contribution in [2.24, 2.45) is 5.92 Å². The van der Waals surface area contributed by atoms with Crippen molar-refractivity contribution in [1.29, 1.82) is 0 Å². The zero-order valence-corrected chi connectivity index (χ0v) is 15.7. The molecule has 27 heavy (non-hydrogen) atoms. The van der Waals surface area contributed by atoms with Gasteiger partial charge in [0, 0.05) is 17.0 Å². The maximum atomic E-state index is 13.2. The van der Waals surface area contributed by atoms with Gasteiger partial charge < -0.3 is 10.1 Å². The Kier molecular flexibility index (Phi) is 6.04. The van der Waals surface area contributed by atoms with Crippen LogP contribution in [0.5, 0.6) is 5.75 Å². The molecule has 1 saturated carbocycles. The topological polar surface area (TPSA) is 51.2 Å². The van der Waals surface area contributed by atoms with Crippen LogP contribution in [0.2, 0.25) is 0 Å². The molecule has 1 fully saturated rings. The van der Waals surface area contributed by atoms with E-state index in [1.165, 1.54) is 11.3 Å². The average Bonchev–Trinajstić information content (AvgIpc) is 3.12. The lowest BCUT2D eigenvalue weighted by Gasteiger charge is -2.33. The van der Waals surface area contributed by atoms with Gasteiger partial charge in [0.2, 0.25) is 0 Å². The molecule has 3 rings (SSSR count). The van der Waals surface area contributed by atoms with E-state index in [0.29, 0.717) is 30.9 Å². The molecule has 146 valence electrons.